The van der Waals surface area contributed by atoms with Crippen LogP contribution >= 0.6 is 11.6 Å². The Morgan fingerprint density at radius 1 is 1.44 bits per heavy atom. The van der Waals surface area contributed by atoms with Crippen LogP contribution in [-0.4, -0.2) is 16.9 Å². The normalized spacial score (nSPS) is 13.6. The van der Waals surface area contributed by atoms with Gasteiger partial charge in [-0.05, 0) is 18.6 Å². The summed E-state index contributed by atoms with van der Waals surface area (Å²) in [6.45, 7) is 2.41. The second-order valence-corrected chi connectivity index (χ2v) is 3.93. The summed E-state index contributed by atoms with van der Waals surface area (Å²) in [7, 11) is 0. The van der Waals surface area contributed by atoms with Crippen LogP contribution in [0.15, 0.2) is 18.3 Å². The number of nitrogens with one attached hydrogen (secondary N) is 1. The summed E-state index contributed by atoms with van der Waals surface area (Å²) in [6.07, 6.45) is -2.75. The van der Waals surface area contributed by atoms with Crippen LogP contribution in [-0.2, 0) is 6.18 Å². The van der Waals surface area contributed by atoms with Crippen molar-refractivity contribution in [3.05, 3.63) is 23.9 Å². The lowest BCUT2D eigenvalue weighted by molar-refractivity contribution is -0.137. The van der Waals surface area contributed by atoms with Crippen molar-refractivity contribution in [3.8, 4) is 0 Å². The van der Waals surface area contributed by atoms with Gasteiger partial charge in [-0.1, -0.05) is 6.92 Å². The van der Waals surface area contributed by atoms with Crippen molar-refractivity contribution >= 4 is 17.4 Å². The van der Waals surface area contributed by atoms with Gasteiger partial charge in [-0.25, -0.2) is 4.98 Å². The van der Waals surface area contributed by atoms with E-state index < -0.39 is 11.7 Å². The zero-order chi connectivity index (χ0) is 12.2. The van der Waals surface area contributed by atoms with Crippen LogP contribution < -0.4 is 5.32 Å². The van der Waals surface area contributed by atoms with E-state index in [4.69, 9.17) is 11.6 Å². The molecule has 0 aliphatic rings. The molecule has 0 fully saturated rings. The molecule has 0 saturated carbocycles. The molecule has 0 saturated heterocycles. The molecule has 0 amide bonds. The van der Waals surface area contributed by atoms with Gasteiger partial charge in [0.25, 0.3) is 0 Å². The highest BCUT2D eigenvalue weighted by atomic mass is 35.5. The van der Waals surface area contributed by atoms with E-state index in [1.807, 2.05) is 6.92 Å². The minimum atomic E-state index is -4.34. The third-order valence-corrected chi connectivity index (χ3v) is 2.50. The van der Waals surface area contributed by atoms with Crippen molar-refractivity contribution in [2.24, 2.45) is 0 Å². The quantitative estimate of drug-likeness (QED) is 0.830. The number of anilines is 1. The van der Waals surface area contributed by atoms with Crippen molar-refractivity contribution in [2.75, 3.05) is 11.9 Å². The Hall–Kier alpha value is -0.970. The second kappa shape index (κ2) is 5.39. The molecule has 1 unspecified atom stereocenters. The molecular formula is C10H12ClF3N2. The molecule has 2 nitrogen and oxygen atoms in total. The second-order valence-electron chi connectivity index (χ2n) is 3.32. The summed E-state index contributed by atoms with van der Waals surface area (Å²) in [4.78, 5) is 3.66. The Balaban J connectivity index is 2.58. The first kappa shape index (κ1) is 13.1. The van der Waals surface area contributed by atoms with E-state index in [0.29, 0.717) is 12.4 Å². The number of aromatic nitrogens is 1. The summed E-state index contributed by atoms with van der Waals surface area (Å²) >= 11 is 5.85. The first-order valence-corrected chi connectivity index (χ1v) is 5.28. The SMILES string of the molecule is CCC(Cl)CNc1ccc(C(F)(F)F)cn1. The number of rotatable bonds is 4. The molecule has 1 aromatic heterocycles. The highest BCUT2D eigenvalue weighted by molar-refractivity contribution is 6.20. The minimum absolute atomic E-state index is 0.0518. The molecule has 1 aromatic rings. The van der Waals surface area contributed by atoms with Crippen molar-refractivity contribution in [2.45, 2.75) is 24.9 Å². The Kier molecular flexibility index (Phi) is 4.41. The van der Waals surface area contributed by atoms with Crippen molar-refractivity contribution in [1.82, 2.24) is 4.98 Å². The standard InChI is InChI=1S/C10H12ClF3N2/c1-2-8(11)6-16-9-4-3-7(5-15-9)10(12,13)14/h3-5,8H,2,6H2,1H3,(H,15,16). The van der Waals surface area contributed by atoms with Crippen LogP contribution in [0, 0.1) is 0 Å². The monoisotopic (exact) mass is 252 g/mol. The third-order valence-electron chi connectivity index (χ3n) is 2.04. The smallest absolute Gasteiger partial charge is 0.369 e. The van der Waals surface area contributed by atoms with Gasteiger partial charge in [0, 0.05) is 12.7 Å². The van der Waals surface area contributed by atoms with Crippen LogP contribution in [0.4, 0.5) is 19.0 Å². The minimum Gasteiger partial charge on any atom is -0.369 e. The zero-order valence-electron chi connectivity index (χ0n) is 8.68. The molecule has 0 aliphatic carbocycles. The average molecular weight is 253 g/mol. The lowest BCUT2D eigenvalue weighted by Gasteiger charge is -2.10. The van der Waals surface area contributed by atoms with Gasteiger partial charge in [0.05, 0.1) is 10.9 Å². The topological polar surface area (TPSA) is 24.9 Å². The number of hydrogen-bond donors (Lipinski definition) is 1. The third kappa shape index (κ3) is 3.89. The molecule has 0 spiro atoms. The molecule has 1 rings (SSSR count). The molecule has 0 aromatic carbocycles. The summed E-state index contributed by atoms with van der Waals surface area (Å²) in [5.74, 6) is 0.395. The fraction of sp³-hybridized carbons (Fsp3) is 0.500. The van der Waals surface area contributed by atoms with E-state index in [-0.39, 0.29) is 5.38 Å². The molecular weight excluding hydrogens is 241 g/mol. The van der Waals surface area contributed by atoms with Gasteiger partial charge in [-0.2, -0.15) is 13.2 Å². The lowest BCUT2D eigenvalue weighted by Crippen LogP contribution is -2.14. The van der Waals surface area contributed by atoms with Gasteiger partial charge in [0.2, 0.25) is 0 Å². The number of nitrogens with zero attached hydrogens (tertiary/aromatic N) is 1. The van der Waals surface area contributed by atoms with Crippen molar-refractivity contribution < 1.29 is 13.2 Å². The van der Waals surface area contributed by atoms with Crippen LogP contribution in [0.1, 0.15) is 18.9 Å². The zero-order valence-corrected chi connectivity index (χ0v) is 9.44. The van der Waals surface area contributed by atoms with Gasteiger partial charge >= 0.3 is 6.18 Å². The summed E-state index contributed by atoms with van der Waals surface area (Å²) in [5, 5.41) is 2.81. The number of halogens is 4. The maximum Gasteiger partial charge on any atom is 0.417 e. The Bertz CT molecular complexity index is 324. The molecule has 0 bridgehead atoms. The molecule has 6 heteroatoms. The van der Waals surface area contributed by atoms with Crippen LogP contribution in [0.2, 0.25) is 0 Å². The van der Waals surface area contributed by atoms with E-state index in [0.717, 1.165) is 18.7 Å². The van der Waals surface area contributed by atoms with E-state index in [2.05, 4.69) is 10.3 Å². The van der Waals surface area contributed by atoms with Gasteiger partial charge in [0.1, 0.15) is 5.82 Å². The van der Waals surface area contributed by atoms with Crippen molar-refractivity contribution in [1.29, 1.82) is 0 Å². The molecule has 1 atom stereocenters. The molecule has 90 valence electrons. The molecule has 16 heavy (non-hydrogen) atoms. The highest BCUT2D eigenvalue weighted by Gasteiger charge is 2.30. The van der Waals surface area contributed by atoms with Gasteiger partial charge in [-0.15, -0.1) is 11.6 Å². The first-order valence-electron chi connectivity index (χ1n) is 4.84. The van der Waals surface area contributed by atoms with E-state index in [1.165, 1.54) is 6.07 Å². The Labute approximate surface area is 96.8 Å². The maximum absolute atomic E-state index is 12.2. The van der Waals surface area contributed by atoms with Gasteiger partial charge < -0.3 is 5.32 Å². The average Bonchev–Trinajstić information content (AvgIpc) is 2.25. The molecule has 1 N–H and O–H groups in total. The van der Waals surface area contributed by atoms with E-state index in [1.54, 1.807) is 0 Å². The van der Waals surface area contributed by atoms with Crippen LogP contribution in [0.3, 0.4) is 0 Å². The fourth-order valence-electron chi connectivity index (χ4n) is 1.03. The van der Waals surface area contributed by atoms with Crippen LogP contribution in [0.5, 0.6) is 0 Å². The summed E-state index contributed by atoms with van der Waals surface area (Å²) in [6, 6.07) is 2.28. The molecule has 0 aliphatic heterocycles. The largest absolute Gasteiger partial charge is 0.417 e. The molecule has 0 radical (unpaired) electrons. The Morgan fingerprint density at radius 2 is 2.12 bits per heavy atom. The summed E-state index contributed by atoms with van der Waals surface area (Å²) < 4.78 is 36.6. The maximum atomic E-state index is 12.2. The highest BCUT2D eigenvalue weighted by Crippen LogP contribution is 2.28. The van der Waals surface area contributed by atoms with Crippen LogP contribution in [0.25, 0.3) is 0 Å². The van der Waals surface area contributed by atoms with Gasteiger partial charge in [-0.3, -0.25) is 0 Å². The summed E-state index contributed by atoms with van der Waals surface area (Å²) in [5.41, 5.74) is -0.754. The number of alkyl halides is 4. The fourth-order valence-corrected chi connectivity index (χ4v) is 1.10. The van der Waals surface area contributed by atoms with E-state index >= 15 is 0 Å². The Morgan fingerprint density at radius 3 is 2.56 bits per heavy atom. The van der Waals surface area contributed by atoms with Gasteiger partial charge in [0.15, 0.2) is 0 Å². The van der Waals surface area contributed by atoms with Crippen molar-refractivity contribution in [3.63, 3.8) is 0 Å². The number of pyridine rings is 1. The molecule has 1 heterocycles. The van der Waals surface area contributed by atoms with E-state index in [9.17, 15) is 13.2 Å². The lowest BCUT2D eigenvalue weighted by atomic mass is 10.2. The first-order chi connectivity index (χ1) is 7.43. The number of hydrogen-bond acceptors (Lipinski definition) is 2. The predicted molar refractivity (Wildman–Crippen MR) is 57.7 cm³/mol. The predicted octanol–water partition coefficient (Wildman–Crippen LogP) is 3.53.